The fourth-order valence-corrected chi connectivity index (χ4v) is 5.60. The lowest BCUT2D eigenvalue weighted by Gasteiger charge is -2.15. The number of benzene rings is 2. The third-order valence-corrected chi connectivity index (χ3v) is 7.13. The van der Waals surface area contributed by atoms with Gasteiger partial charge in [0.25, 0.3) is 5.56 Å². The molecule has 0 saturated heterocycles. The van der Waals surface area contributed by atoms with E-state index in [2.05, 4.69) is 44.2 Å². The molecule has 0 radical (unpaired) electrons. The molecule has 0 spiro atoms. The van der Waals surface area contributed by atoms with Crippen molar-refractivity contribution in [1.82, 2.24) is 9.55 Å². The van der Waals surface area contributed by atoms with Gasteiger partial charge in [-0.25, -0.2) is 4.98 Å². The summed E-state index contributed by atoms with van der Waals surface area (Å²) in [6, 6.07) is 16.6. The molecule has 2 heterocycles. The molecule has 146 valence electrons. The maximum Gasteiger partial charge on any atom is 0.263 e. The number of rotatable bonds is 3. The van der Waals surface area contributed by atoms with Crippen molar-refractivity contribution >= 4 is 21.6 Å². The summed E-state index contributed by atoms with van der Waals surface area (Å²) in [7, 11) is 0. The van der Waals surface area contributed by atoms with Gasteiger partial charge in [0.15, 0.2) is 0 Å². The highest BCUT2D eigenvalue weighted by molar-refractivity contribution is 7.18. The van der Waals surface area contributed by atoms with Crippen LogP contribution in [0, 0.1) is 13.8 Å². The van der Waals surface area contributed by atoms with Gasteiger partial charge in [0.05, 0.1) is 11.9 Å². The van der Waals surface area contributed by atoms with Gasteiger partial charge in [0.1, 0.15) is 10.7 Å². The molecule has 0 saturated carbocycles. The van der Waals surface area contributed by atoms with Crippen LogP contribution in [0.1, 0.15) is 40.0 Å². The molecule has 0 bridgehead atoms. The Morgan fingerprint density at radius 1 is 1.03 bits per heavy atom. The van der Waals surface area contributed by atoms with Crippen molar-refractivity contribution in [3.05, 3.63) is 86.0 Å². The van der Waals surface area contributed by atoms with E-state index in [0.29, 0.717) is 6.54 Å². The first-order valence-corrected chi connectivity index (χ1v) is 11.1. The zero-order valence-corrected chi connectivity index (χ0v) is 17.7. The summed E-state index contributed by atoms with van der Waals surface area (Å²) in [5, 5.41) is 0.856. The van der Waals surface area contributed by atoms with Crippen molar-refractivity contribution in [1.29, 1.82) is 0 Å². The second-order valence-electron chi connectivity index (χ2n) is 8.01. The Morgan fingerprint density at radius 2 is 1.86 bits per heavy atom. The predicted molar refractivity (Wildman–Crippen MR) is 121 cm³/mol. The van der Waals surface area contributed by atoms with Gasteiger partial charge < -0.3 is 0 Å². The minimum Gasteiger partial charge on any atom is -0.288 e. The highest BCUT2D eigenvalue weighted by Crippen LogP contribution is 2.35. The molecule has 3 nitrogen and oxygen atoms in total. The largest absolute Gasteiger partial charge is 0.288 e. The van der Waals surface area contributed by atoms with Crippen LogP contribution < -0.4 is 5.56 Å². The molecular formula is C25H24N2OS. The van der Waals surface area contributed by atoms with E-state index in [-0.39, 0.29) is 5.56 Å². The lowest BCUT2D eigenvalue weighted by molar-refractivity contribution is 0.698. The molecule has 0 atom stereocenters. The molecule has 29 heavy (non-hydrogen) atoms. The average Bonchev–Trinajstić information content (AvgIpc) is 3.10. The van der Waals surface area contributed by atoms with E-state index in [1.807, 2.05) is 22.8 Å². The van der Waals surface area contributed by atoms with Crippen molar-refractivity contribution in [3.8, 4) is 11.4 Å². The number of fused-ring (bicyclic) bond motifs is 3. The Hall–Kier alpha value is -2.72. The van der Waals surface area contributed by atoms with Gasteiger partial charge in [-0.15, -0.1) is 11.3 Å². The molecule has 2 aromatic carbocycles. The van der Waals surface area contributed by atoms with Gasteiger partial charge in [-0.2, -0.15) is 0 Å². The molecule has 4 heteroatoms. The van der Waals surface area contributed by atoms with Crippen LogP contribution in [0.2, 0.25) is 0 Å². The fraction of sp³-hybridized carbons (Fsp3) is 0.280. The number of thiophene rings is 1. The number of aromatic nitrogens is 2. The van der Waals surface area contributed by atoms with Crippen molar-refractivity contribution in [3.63, 3.8) is 0 Å². The molecule has 0 unspecified atom stereocenters. The average molecular weight is 401 g/mol. The van der Waals surface area contributed by atoms with Crippen LogP contribution in [-0.4, -0.2) is 9.55 Å². The summed E-state index contributed by atoms with van der Waals surface area (Å²) < 4.78 is 1.89. The van der Waals surface area contributed by atoms with Crippen molar-refractivity contribution in [2.45, 2.75) is 46.1 Å². The molecule has 0 fully saturated rings. The van der Waals surface area contributed by atoms with E-state index in [0.717, 1.165) is 46.4 Å². The van der Waals surface area contributed by atoms with Gasteiger partial charge in [-0.1, -0.05) is 48.0 Å². The van der Waals surface area contributed by atoms with E-state index in [1.54, 1.807) is 11.3 Å². The first-order valence-electron chi connectivity index (χ1n) is 10.3. The second kappa shape index (κ2) is 7.27. The van der Waals surface area contributed by atoms with Crippen molar-refractivity contribution in [2.24, 2.45) is 0 Å². The molecule has 1 aliphatic carbocycles. The quantitative estimate of drug-likeness (QED) is 0.444. The third kappa shape index (κ3) is 3.22. The number of hydrogen-bond acceptors (Lipinski definition) is 3. The lowest BCUT2D eigenvalue weighted by Crippen LogP contribution is -2.25. The van der Waals surface area contributed by atoms with E-state index in [1.165, 1.54) is 28.0 Å². The van der Waals surface area contributed by atoms with Crippen LogP contribution in [0.25, 0.3) is 21.6 Å². The SMILES string of the molecule is Cc1cccc(-c2nc3sc4c(c3c(=O)n2Cc2ccccc2C)CCCC4)c1. The van der Waals surface area contributed by atoms with Crippen LogP contribution in [0.3, 0.4) is 0 Å². The normalized spacial score (nSPS) is 13.6. The summed E-state index contributed by atoms with van der Waals surface area (Å²) in [5.74, 6) is 0.771. The van der Waals surface area contributed by atoms with Crippen LogP contribution in [0.15, 0.2) is 53.3 Å². The van der Waals surface area contributed by atoms with Gasteiger partial charge in [0, 0.05) is 10.4 Å². The summed E-state index contributed by atoms with van der Waals surface area (Å²) in [6.45, 7) is 4.73. The molecule has 5 rings (SSSR count). The van der Waals surface area contributed by atoms with Gasteiger partial charge >= 0.3 is 0 Å². The zero-order valence-electron chi connectivity index (χ0n) is 16.9. The fourth-order valence-electron chi connectivity index (χ4n) is 4.35. The van der Waals surface area contributed by atoms with E-state index in [4.69, 9.17) is 4.98 Å². The minimum atomic E-state index is 0.106. The van der Waals surface area contributed by atoms with Crippen molar-refractivity contribution in [2.75, 3.05) is 0 Å². The highest BCUT2D eigenvalue weighted by Gasteiger charge is 2.23. The Labute approximate surface area is 174 Å². The highest BCUT2D eigenvalue weighted by atomic mass is 32.1. The molecule has 0 N–H and O–H groups in total. The maximum atomic E-state index is 13.8. The summed E-state index contributed by atoms with van der Waals surface area (Å²) in [5.41, 5.74) is 5.89. The Balaban J connectivity index is 1.79. The Morgan fingerprint density at radius 3 is 2.69 bits per heavy atom. The van der Waals surface area contributed by atoms with Gasteiger partial charge in [0.2, 0.25) is 0 Å². The molecule has 0 amide bonds. The maximum absolute atomic E-state index is 13.8. The first-order chi connectivity index (χ1) is 14.1. The summed E-state index contributed by atoms with van der Waals surface area (Å²) in [4.78, 5) is 21.1. The lowest BCUT2D eigenvalue weighted by atomic mass is 9.97. The van der Waals surface area contributed by atoms with E-state index < -0.39 is 0 Å². The number of hydrogen-bond donors (Lipinski definition) is 0. The van der Waals surface area contributed by atoms with Gasteiger partial charge in [-0.3, -0.25) is 9.36 Å². The topological polar surface area (TPSA) is 34.9 Å². The van der Waals surface area contributed by atoms with E-state index >= 15 is 0 Å². The Kier molecular flexibility index (Phi) is 4.59. The first kappa shape index (κ1) is 18.3. The monoisotopic (exact) mass is 400 g/mol. The third-order valence-electron chi connectivity index (χ3n) is 5.94. The zero-order chi connectivity index (χ0) is 20.0. The Bertz CT molecular complexity index is 1280. The van der Waals surface area contributed by atoms with Crippen LogP contribution in [-0.2, 0) is 19.4 Å². The van der Waals surface area contributed by atoms with Gasteiger partial charge in [-0.05, 0) is 62.3 Å². The smallest absolute Gasteiger partial charge is 0.263 e. The standard InChI is InChI=1S/C25H24N2OS/c1-16-8-7-11-18(14-16)23-26-24-22(20-12-5-6-13-21(20)29-24)25(28)27(23)15-19-10-4-3-9-17(19)2/h3-4,7-11,14H,5-6,12-13,15H2,1-2H3. The van der Waals surface area contributed by atoms with E-state index in [9.17, 15) is 4.79 Å². The van der Waals surface area contributed by atoms with Crippen LogP contribution >= 0.6 is 11.3 Å². The molecule has 1 aliphatic rings. The van der Waals surface area contributed by atoms with Crippen LogP contribution in [0.5, 0.6) is 0 Å². The summed E-state index contributed by atoms with van der Waals surface area (Å²) in [6.07, 6.45) is 4.45. The summed E-state index contributed by atoms with van der Waals surface area (Å²) >= 11 is 1.72. The number of aryl methyl sites for hydroxylation is 4. The number of nitrogens with zero attached hydrogens (tertiary/aromatic N) is 2. The molecule has 2 aromatic heterocycles. The predicted octanol–water partition coefficient (Wildman–Crippen LogP) is 5.67. The van der Waals surface area contributed by atoms with Crippen LogP contribution in [0.4, 0.5) is 0 Å². The molecule has 0 aliphatic heterocycles. The minimum absolute atomic E-state index is 0.106. The molecular weight excluding hydrogens is 376 g/mol. The molecule has 4 aromatic rings. The second-order valence-corrected chi connectivity index (χ2v) is 9.10. The van der Waals surface area contributed by atoms with Crippen molar-refractivity contribution < 1.29 is 0 Å².